The summed E-state index contributed by atoms with van der Waals surface area (Å²) in [5.41, 5.74) is 0.175. The van der Waals surface area contributed by atoms with E-state index in [1.807, 2.05) is 6.92 Å². The van der Waals surface area contributed by atoms with Crippen LogP contribution in [0, 0.1) is 0 Å². The summed E-state index contributed by atoms with van der Waals surface area (Å²) in [6.07, 6.45) is -2.94. The van der Waals surface area contributed by atoms with E-state index in [-0.39, 0.29) is 11.2 Å². The van der Waals surface area contributed by atoms with Crippen LogP contribution in [0.1, 0.15) is 43.7 Å². The molecule has 0 aromatic heterocycles. The van der Waals surface area contributed by atoms with Gasteiger partial charge in [-0.25, -0.2) is 4.21 Å². The number of hydrogen-bond acceptors (Lipinski definition) is 1. The van der Waals surface area contributed by atoms with Crippen LogP contribution in [0.5, 0.6) is 0 Å². The van der Waals surface area contributed by atoms with Crippen LogP contribution in [0.2, 0.25) is 0 Å². The average molecular weight is 293 g/mol. The summed E-state index contributed by atoms with van der Waals surface area (Å²) >= 11 is 0. The van der Waals surface area contributed by atoms with Gasteiger partial charge in [-0.15, -0.1) is 0 Å². The van der Waals surface area contributed by atoms with Gasteiger partial charge in [0.1, 0.15) is 0 Å². The third kappa shape index (κ3) is 4.62. The maximum Gasteiger partial charge on any atom is 0.416 e. The molecule has 3 atom stereocenters. The van der Waals surface area contributed by atoms with Crippen LogP contribution in [0.15, 0.2) is 24.3 Å². The van der Waals surface area contributed by atoms with E-state index in [4.69, 9.17) is 5.14 Å². The maximum atomic E-state index is 12.5. The molecule has 3 unspecified atom stereocenters. The van der Waals surface area contributed by atoms with Crippen LogP contribution in [0.4, 0.5) is 13.2 Å². The highest BCUT2D eigenvalue weighted by molar-refractivity contribution is 7.83. The number of hydrogen-bond donors (Lipinski definition) is 1. The Morgan fingerprint density at radius 2 is 1.79 bits per heavy atom. The van der Waals surface area contributed by atoms with Crippen LogP contribution in [-0.4, -0.2) is 9.46 Å². The topological polar surface area (TPSA) is 43.1 Å². The number of alkyl halides is 3. The molecule has 0 aliphatic rings. The first kappa shape index (κ1) is 16.2. The highest BCUT2D eigenvalue weighted by atomic mass is 32.2. The highest BCUT2D eigenvalue weighted by Crippen LogP contribution is 2.32. The van der Waals surface area contributed by atoms with E-state index in [9.17, 15) is 17.4 Å². The van der Waals surface area contributed by atoms with Gasteiger partial charge in [-0.2, -0.15) is 13.2 Å². The van der Waals surface area contributed by atoms with Gasteiger partial charge >= 0.3 is 6.18 Å². The molecular weight excluding hydrogens is 275 g/mol. The molecule has 0 saturated heterocycles. The Balaban J connectivity index is 2.85. The summed E-state index contributed by atoms with van der Waals surface area (Å²) in [6, 6.07) is 5.15. The lowest BCUT2D eigenvalue weighted by atomic mass is 9.91. The average Bonchev–Trinajstić information content (AvgIpc) is 2.34. The van der Waals surface area contributed by atoms with E-state index >= 15 is 0 Å². The van der Waals surface area contributed by atoms with Crippen molar-refractivity contribution in [1.82, 2.24) is 0 Å². The van der Waals surface area contributed by atoms with Gasteiger partial charge in [-0.05, 0) is 43.4 Å². The SMILES string of the molecule is CCC(CC(C)S(N)=O)c1ccc(C(F)(F)F)cc1. The van der Waals surface area contributed by atoms with Gasteiger partial charge in [-0.3, -0.25) is 5.14 Å². The van der Waals surface area contributed by atoms with E-state index in [1.165, 1.54) is 12.1 Å². The third-order valence-corrected chi connectivity index (χ3v) is 4.20. The Bertz CT molecular complexity index is 431. The molecule has 0 amide bonds. The van der Waals surface area contributed by atoms with Crippen LogP contribution in [0.3, 0.4) is 0 Å². The summed E-state index contributed by atoms with van der Waals surface area (Å²) in [6.45, 7) is 3.73. The van der Waals surface area contributed by atoms with Crippen molar-refractivity contribution in [3.05, 3.63) is 35.4 Å². The van der Waals surface area contributed by atoms with Gasteiger partial charge in [0.15, 0.2) is 0 Å². The minimum atomic E-state index is -4.31. The van der Waals surface area contributed by atoms with Crippen LogP contribution in [0.25, 0.3) is 0 Å². The second kappa shape index (κ2) is 6.52. The Kier molecular flexibility index (Phi) is 5.55. The molecule has 0 heterocycles. The quantitative estimate of drug-likeness (QED) is 0.885. The summed E-state index contributed by atoms with van der Waals surface area (Å²) < 4.78 is 48.5. The van der Waals surface area contributed by atoms with Crippen molar-refractivity contribution >= 4 is 11.0 Å². The van der Waals surface area contributed by atoms with E-state index in [1.54, 1.807) is 6.92 Å². The van der Waals surface area contributed by atoms with E-state index in [0.29, 0.717) is 6.42 Å². The lowest BCUT2D eigenvalue weighted by Gasteiger charge is -2.19. The molecule has 0 spiro atoms. The summed E-state index contributed by atoms with van der Waals surface area (Å²) in [5, 5.41) is 5.15. The van der Waals surface area contributed by atoms with Crippen LogP contribution in [-0.2, 0) is 17.2 Å². The first-order valence-electron chi connectivity index (χ1n) is 6.07. The lowest BCUT2D eigenvalue weighted by Crippen LogP contribution is -2.21. The van der Waals surface area contributed by atoms with Crippen LogP contribution < -0.4 is 5.14 Å². The summed E-state index contributed by atoms with van der Waals surface area (Å²) in [7, 11) is -1.40. The van der Waals surface area contributed by atoms with E-state index in [0.717, 1.165) is 24.1 Å². The van der Waals surface area contributed by atoms with Crippen molar-refractivity contribution in [2.24, 2.45) is 5.14 Å². The van der Waals surface area contributed by atoms with Crippen molar-refractivity contribution in [1.29, 1.82) is 0 Å². The van der Waals surface area contributed by atoms with Crippen molar-refractivity contribution in [2.75, 3.05) is 0 Å². The van der Waals surface area contributed by atoms with Gasteiger partial charge in [0, 0.05) is 5.25 Å². The minimum Gasteiger partial charge on any atom is -0.252 e. The lowest BCUT2D eigenvalue weighted by molar-refractivity contribution is -0.137. The number of halogens is 3. The van der Waals surface area contributed by atoms with Gasteiger partial charge in [0.05, 0.1) is 16.5 Å². The molecular formula is C13H18F3NOS. The fourth-order valence-corrected chi connectivity index (χ4v) is 2.40. The molecule has 0 radical (unpaired) electrons. The molecule has 19 heavy (non-hydrogen) atoms. The number of benzene rings is 1. The van der Waals surface area contributed by atoms with E-state index < -0.39 is 22.7 Å². The monoisotopic (exact) mass is 293 g/mol. The molecule has 1 aromatic rings. The Hall–Kier alpha value is -0.880. The Morgan fingerprint density at radius 1 is 1.26 bits per heavy atom. The molecule has 0 aliphatic carbocycles. The van der Waals surface area contributed by atoms with Crippen LogP contribution >= 0.6 is 0 Å². The Morgan fingerprint density at radius 3 is 2.16 bits per heavy atom. The molecule has 1 aromatic carbocycles. The van der Waals surface area contributed by atoms with E-state index in [2.05, 4.69) is 0 Å². The first-order chi connectivity index (χ1) is 8.75. The standard InChI is InChI=1S/C13H18F3NOS/c1-3-10(8-9(2)19(17)18)11-4-6-12(7-5-11)13(14,15)16/h4-7,9-10H,3,8,17H2,1-2H3. The Labute approximate surface area is 113 Å². The second-order valence-corrected chi connectivity index (χ2v) is 6.06. The van der Waals surface area contributed by atoms with Gasteiger partial charge < -0.3 is 0 Å². The molecule has 0 bridgehead atoms. The smallest absolute Gasteiger partial charge is 0.252 e. The van der Waals surface area contributed by atoms with Crippen molar-refractivity contribution in [3.8, 4) is 0 Å². The first-order valence-corrected chi connectivity index (χ1v) is 7.35. The zero-order chi connectivity index (χ0) is 14.6. The third-order valence-electron chi connectivity index (χ3n) is 3.22. The predicted octanol–water partition coefficient (Wildman–Crippen LogP) is 3.60. The molecule has 6 heteroatoms. The normalized spacial score (nSPS) is 16.9. The molecule has 0 saturated carbocycles. The fraction of sp³-hybridized carbons (Fsp3) is 0.538. The second-order valence-electron chi connectivity index (χ2n) is 4.60. The molecule has 0 aliphatic heterocycles. The largest absolute Gasteiger partial charge is 0.416 e. The van der Waals surface area contributed by atoms with Gasteiger partial charge in [0.2, 0.25) is 0 Å². The molecule has 108 valence electrons. The minimum absolute atomic E-state index is 0.0739. The van der Waals surface area contributed by atoms with Crippen molar-refractivity contribution in [2.45, 2.75) is 44.0 Å². The summed E-state index contributed by atoms with van der Waals surface area (Å²) in [4.78, 5) is 0. The summed E-state index contributed by atoms with van der Waals surface area (Å²) in [5.74, 6) is 0.0739. The molecule has 1 rings (SSSR count). The number of nitrogens with two attached hydrogens (primary N) is 1. The number of rotatable bonds is 5. The molecule has 2 N–H and O–H groups in total. The fourth-order valence-electron chi connectivity index (χ4n) is 1.98. The van der Waals surface area contributed by atoms with Crippen molar-refractivity contribution in [3.63, 3.8) is 0 Å². The molecule has 0 fully saturated rings. The van der Waals surface area contributed by atoms with Gasteiger partial charge in [0.25, 0.3) is 0 Å². The zero-order valence-corrected chi connectivity index (χ0v) is 11.7. The highest BCUT2D eigenvalue weighted by Gasteiger charge is 2.30. The molecule has 2 nitrogen and oxygen atoms in total. The van der Waals surface area contributed by atoms with Crippen molar-refractivity contribution < 1.29 is 17.4 Å². The predicted molar refractivity (Wildman–Crippen MR) is 70.9 cm³/mol. The van der Waals surface area contributed by atoms with Gasteiger partial charge in [-0.1, -0.05) is 19.1 Å². The maximum absolute atomic E-state index is 12.5. The zero-order valence-electron chi connectivity index (χ0n) is 10.9.